The Kier molecular flexibility index (Phi) is 5.40. The van der Waals surface area contributed by atoms with Crippen LogP contribution in [0.3, 0.4) is 0 Å². The minimum absolute atomic E-state index is 0.399. The molecule has 1 aromatic carbocycles. The third kappa shape index (κ3) is 4.03. The van der Waals surface area contributed by atoms with Gasteiger partial charge in [-0.25, -0.2) is 0 Å². The molecule has 3 N–H and O–H groups in total. The average Bonchev–Trinajstić information content (AvgIpc) is 3.04. The van der Waals surface area contributed by atoms with Gasteiger partial charge < -0.3 is 20.6 Å². The normalized spacial score (nSPS) is 17.2. The fourth-order valence-electron chi connectivity index (χ4n) is 2.74. The van der Waals surface area contributed by atoms with Gasteiger partial charge in [0.2, 0.25) is 0 Å². The number of fused-ring (bicyclic) bond motifs is 1. The van der Waals surface area contributed by atoms with Gasteiger partial charge in [-0.2, -0.15) is 0 Å². The zero-order chi connectivity index (χ0) is 17.8. The topological polar surface area (TPSA) is 59.9 Å². The molecule has 1 atom stereocenters. The van der Waals surface area contributed by atoms with Crippen LogP contribution in [0, 0.1) is 0 Å². The van der Waals surface area contributed by atoms with Crippen molar-refractivity contribution in [3.8, 4) is 10.4 Å². The summed E-state index contributed by atoms with van der Waals surface area (Å²) in [7, 11) is 1.90. The molecule has 25 heavy (non-hydrogen) atoms. The molecule has 132 valence electrons. The zero-order valence-electron chi connectivity index (χ0n) is 14.8. The summed E-state index contributed by atoms with van der Waals surface area (Å²) in [6.45, 7) is 4.90. The van der Waals surface area contributed by atoms with Crippen LogP contribution in [-0.4, -0.2) is 37.2 Å². The first-order chi connectivity index (χ1) is 12.1. The second kappa shape index (κ2) is 7.72. The molecule has 6 heteroatoms. The summed E-state index contributed by atoms with van der Waals surface area (Å²) >= 11 is 1.77. The quantitative estimate of drug-likeness (QED) is 0.767. The lowest BCUT2D eigenvalue weighted by molar-refractivity contribution is 0.204. The van der Waals surface area contributed by atoms with Gasteiger partial charge in [0, 0.05) is 23.8 Å². The first kappa shape index (κ1) is 17.5. The number of hydrogen-bond acceptors (Lipinski definition) is 5. The van der Waals surface area contributed by atoms with Crippen LogP contribution < -0.4 is 15.5 Å². The van der Waals surface area contributed by atoms with E-state index in [0.717, 1.165) is 17.2 Å². The lowest BCUT2D eigenvalue weighted by Gasteiger charge is -2.31. The number of nitrogens with one attached hydrogen (secondary N) is 2. The largest absolute Gasteiger partial charge is 0.393 e. The standard InChI is InChI=1S/C19H24N4OS/c1-13(10-20-3)23-12-18(21-11-14(2)24)22-16-9-17(25-19(16)23)15-7-5-4-6-8-15/h4-10,14,20,24H,11-12H2,1-3H3,(H,21,22)/b13-10-. The highest BCUT2D eigenvalue weighted by Gasteiger charge is 2.25. The molecule has 0 spiro atoms. The van der Waals surface area contributed by atoms with E-state index in [1.165, 1.54) is 15.4 Å². The molecule has 1 aliphatic heterocycles. The molecule has 2 aromatic rings. The molecule has 5 nitrogen and oxygen atoms in total. The van der Waals surface area contributed by atoms with Crippen LogP contribution in [0.4, 0.5) is 10.7 Å². The van der Waals surface area contributed by atoms with Gasteiger partial charge in [0.15, 0.2) is 0 Å². The fraction of sp³-hybridized carbons (Fsp3) is 0.316. The van der Waals surface area contributed by atoms with Crippen molar-refractivity contribution in [1.29, 1.82) is 0 Å². The number of benzene rings is 1. The van der Waals surface area contributed by atoms with Gasteiger partial charge in [0.1, 0.15) is 10.8 Å². The Labute approximate surface area is 152 Å². The molecule has 0 saturated heterocycles. The molecule has 3 rings (SSSR count). The molecular formula is C19H24N4OS. The summed E-state index contributed by atoms with van der Waals surface area (Å²) in [6.07, 6.45) is 1.55. The Morgan fingerprint density at radius 2 is 2.20 bits per heavy atom. The van der Waals surface area contributed by atoms with Crippen LogP contribution in [0.1, 0.15) is 13.8 Å². The number of thiophene rings is 1. The van der Waals surface area contributed by atoms with Gasteiger partial charge in [0.25, 0.3) is 0 Å². The maximum Gasteiger partial charge on any atom is 0.121 e. The Balaban J connectivity index is 1.99. The predicted octanol–water partition coefficient (Wildman–Crippen LogP) is 3.51. The molecule has 1 unspecified atom stereocenters. The van der Waals surface area contributed by atoms with E-state index in [4.69, 9.17) is 0 Å². The molecular weight excluding hydrogens is 332 g/mol. The summed E-state index contributed by atoms with van der Waals surface area (Å²) < 4.78 is 0. The van der Waals surface area contributed by atoms with Gasteiger partial charge in [0.05, 0.1) is 24.9 Å². The number of aliphatic hydroxyl groups excluding tert-OH is 1. The maximum atomic E-state index is 9.52. The Morgan fingerprint density at radius 3 is 2.88 bits per heavy atom. The highest BCUT2D eigenvalue weighted by Crippen LogP contribution is 2.44. The number of aliphatic hydroxyl groups is 1. The van der Waals surface area contributed by atoms with E-state index >= 15 is 0 Å². The SMILES string of the molecule is CN/C=C(/C)N1CC(=NCC(C)O)Nc2cc(-c3ccccc3)sc21. The van der Waals surface area contributed by atoms with Gasteiger partial charge in [-0.15, -0.1) is 11.3 Å². The Morgan fingerprint density at radius 1 is 1.44 bits per heavy atom. The highest BCUT2D eigenvalue weighted by atomic mass is 32.1. The minimum Gasteiger partial charge on any atom is -0.393 e. The van der Waals surface area contributed by atoms with Gasteiger partial charge in [-0.3, -0.25) is 4.99 Å². The van der Waals surface area contributed by atoms with E-state index in [9.17, 15) is 5.11 Å². The van der Waals surface area contributed by atoms with E-state index in [0.29, 0.717) is 13.1 Å². The van der Waals surface area contributed by atoms with Crippen molar-refractivity contribution < 1.29 is 5.11 Å². The van der Waals surface area contributed by atoms with E-state index in [1.54, 1.807) is 18.3 Å². The molecule has 0 fully saturated rings. The van der Waals surface area contributed by atoms with Crippen molar-refractivity contribution in [2.45, 2.75) is 20.0 Å². The Hall–Kier alpha value is -2.31. The van der Waals surface area contributed by atoms with E-state index < -0.39 is 6.10 Å². The van der Waals surface area contributed by atoms with Gasteiger partial charge in [-0.05, 0) is 25.5 Å². The second-order valence-electron chi connectivity index (χ2n) is 6.12. The van der Waals surface area contributed by atoms with Crippen LogP contribution in [0.25, 0.3) is 10.4 Å². The molecule has 0 aliphatic carbocycles. The van der Waals surface area contributed by atoms with Crippen LogP contribution in [0.2, 0.25) is 0 Å². The molecule has 1 aliphatic rings. The summed E-state index contributed by atoms with van der Waals surface area (Å²) in [5, 5.41) is 17.2. The summed E-state index contributed by atoms with van der Waals surface area (Å²) in [5.74, 6) is 0.870. The monoisotopic (exact) mass is 356 g/mol. The van der Waals surface area contributed by atoms with Gasteiger partial charge >= 0.3 is 0 Å². The van der Waals surface area contributed by atoms with Crippen LogP contribution >= 0.6 is 11.3 Å². The number of hydrogen-bond donors (Lipinski definition) is 3. The van der Waals surface area contributed by atoms with Crippen LogP contribution in [-0.2, 0) is 0 Å². The van der Waals surface area contributed by atoms with E-state index in [1.807, 2.05) is 19.3 Å². The first-order valence-corrected chi connectivity index (χ1v) is 9.19. The fourth-order valence-corrected chi connectivity index (χ4v) is 3.91. The number of rotatable bonds is 5. The number of amidine groups is 1. The lowest BCUT2D eigenvalue weighted by atomic mass is 10.2. The van der Waals surface area contributed by atoms with Crippen molar-refractivity contribution in [2.75, 3.05) is 30.4 Å². The molecule has 1 aromatic heterocycles. The lowest BCUT2D eigenvalue weighted by Crippen LogP contribution is -2.37. The molecule has 0 radical (unpaired) electrons. The zero-order valence-corrected chi connectivity index (χ0v) is 15.6. The number of anilines is 2. The van der Waals surface area contributed by atoms with E-state index in [2.05, 4.69) is 57.8 Å². The molecule has 0 saturated carbocycles. The smallest absolute Gasteiger partial charge is 0.121 e. The third-order valence-electron chi connectivity index (χ3n) is 3.93. The summed E-state index contributed by atoms with van der Waals surface area (Å²) in [6, 6.07) is 12.6. The first-order valence-electron chi connectivity index (χ1n) is 8.37. The summed E-state index contributed by atoms with van der Waals surface area (Å²) in [5.41, 5.74) is 3.39. The molecule has 0 amide bonds. The Bertz CT molecular complexity index is 780. The van der Waals surface area contributed by atoms with Crippen molar-refractivity contribution in [1.82, 2.24) is 5.32 Å². The third-order valence-corrected chi connectivity index (χ3v) is 5.14. The minimum atomic E-state index is -0.444. The van der Waals surface area contributed by atoms with Crippen molar-refractivity contribution in [2.24, 2.45) is 4.99 Å². The molecule has 0 bridgehead atoms. The molecule has 2 heterocycles. The van der Waals surface area contributed by atoms with E-state index in [-0.39, 0.29) is 0 Å². The second-order valence-corrected chi connectivity index (χ2v) is 7.15. The maximum absolute atomic E-state index is 9.52. The van der Waals surface area contributed by atoms with Crippen LogP contribution in [0.15, 0.2) is 53.3 Å². The van der Waals surface area contributed by atoms with Crippen LogP contribution in [0.5, 0.6) is 0 Å². The van der Waals surface area contributed by atoms with Crippen molar-refractivity contribution in [3.63, 3.8) is 0 Å². The predicted molar refractivity (Wildman–Crippen MR) is 108 cm³/mol. The van der Waals surface area contributed by atoms with Crippen molar-refractivity contribution in [3.05, 3.63) is 48.3 Å². The van der Waals surface area contributed by atoms with Crippen molar-refractivity contribution >= 4 is 27.9 Å². The summed E-state index contributed by atoms with van der Waals surface area (Å²) in [4.78, 5) is 8.00. The van der Waals surface area contributed by atoms with Gasteiger partial charge in [-0.1, -0.05) is 30.3 Å². The number of allylic oxidation sites excluding steroid dienone is 1. The average molecular weight is 356 g/mol. The highest BCUT2D eigenvalue weighted by molar-refractivity contribution is 7.20. The number of nitrogens with zero attached hydrogens (tertiary/aromatic N) is 2. The number of aliphatic imine (C=N–C) groups is 1.